The number of ether oxygens (including phenoxy) is 1. The highest BCUT2D eigenvalue weighted by Gasteiger charge is 2.15. The van der Waals surface area contributed by atoms with Crippen LogP contribution in [0.25, 0.3) is 0 Å². The number of nitrogens with one attached hydrogen (secondary N) is 1. The van der Waals surface area contributed by atoms with Crippen LogP contribution in [0.3, 0.4) is 0 Å². The van der Waals surface area contributed by atoms with Gasteiger partial charge in [0.25, 0.3) is 5.69 Å². The van der Waals surface area contributed by atoms with Crippen molar-refractivity contribution in [3.63, 3.8) is 0 Å². The molecule has 1 aromatic rings. The van der Waals surface area contributed by atoms with Crippen LogP contribution in [-0.4, -0.2) is 35.2 Å². The normalized spacial score (nSPS) is 11.9. The highest BCUT2D eigenvalue weighted by Crippen LogP contribution is 2.29. The van der Waals surface area contributed by atoms with E-state index in [0.29, 0.717) is 18.0 Å². The first-order valence-electron chi connectivity index (χ1n) is 5.47. The van der Waals surface area contributed by atoms with Crippen LogP contribution in [0.5, 0.6) is 5.75 Å². The maximum absolute atomic E-state index is 10.9. The monoisotopic (exact) mass is 274 g/mol. The number of nitrogens with zero attached hydrogens (tertiary/aromatic N) is 1. The van der Waals surface area contributed by atoms with Crippen LogP contribution in [0.4, 0.5) is 11.4 Å². The number of hydrogen-bond donors (Lipinski definition) is 2. The van der Waals surface area contributed by atoms with Crippen molar-refractivity contribution < 1.29 is 14.8 Å². The largest absolute Gasteiger partial charge is 0.494 e. The van der Waals surface area contributed by atoms with Gasteiger partial charge in [0.05, 0.1) is 29.6 Å². The van der Waals surface area contributed by atoms with E-state index in [0.717, 1.165) is 0 Å². The van der Waals surface area contributed by atoms with Gasteiger partial charge in [0.15, 0.2) is 0 Å². The molecule has 1 aromatic carbocycles. The molecule has 0 aromatic heterocycles. The van der Waals surface area contributed by atoms with Crippen molar-refractivity contribution in [3.05, 3.63) is 28.3 Å². The molecule has 0 bridgehead atoms. The number of alkyl halides is 1. The summed E-state index contributed by atoms with van der Waals surface area (Å²) in [4.78, 5) is 10.4. The Kier molecular flexibility index (Phi) is 5.67. The lowest BCUT2D eigenvalue weighted by Gasteiger charge is -2.11. The van der Waals surface area contributed by atoms with Crippen molar-refractivity contribution in [1.29, 1.82) is 0 Å². The highest BCUT2D eigenvalue weighted by atomic mass is 35.5. The van der Waals surface area contributed by atoms with Crippen LogP contribution in [0, 0.1) is 10.1 Å². The Morgan fingerprint density at radius 3 is 2.89 bits per heavy atom. The Bertz CT molecular complexity index is 414. The molecular formula is C11H15ClN2O4. The van der Waals surface area contributed by atoms with Gasteiger partial charge in [0, 0.05) is 6.54 Å². The molecule has 1 atom stereocenters. The summed E-state index contributed by atoms with van der Waals surface area (Å²) in [6.07, 6.45) is -0.752. The summed E-state index contributed by atoms with van der Waals surface area (Å²) in [5.74, 6) is 0.505. The van der Waals surface area contributed by atoms with Gasteiger partial charge in [0.1, 0.15) is 11.4 Å². The van der Waals surface area contributed by atoms with Crippen molar-refractivity contribution in [3.8, 4) is 5.75 Å². The van der Waals surface area contributed by atoms with E-state index in [1.165, 1.54) is 6.07 Å². The number of rotatable bonds is 7. The second kappa shape index (κ2) is 7.03. The van der Waals surface area contributed by atoms with Gasteiger partial charge >= 0.3 is 0 Å². The molecule has 18 heavy (non-hydrogen) atoms. The van der Waals surface area contributed by atoms with Gasteiger partial charge in [-0.25, -0.2) is 0 Å². The zero-order valence-electron chi connectivity index (χ0n) is 9.93. The number of hydrogen-bond acceptors (Lipinski definition) is 5. The van der Waals surface area contributed by atoms with E-state index >= 15 is 0 Å². The minimum atomic E-state index is -0.752. The molecule has 7 heteroatoms. The number of anilines is 1. The van der Waals surface area contributed by atoms with Crippen LogP contribution >= 0.6 is 11.6 Å². The zero-order chi connectivity index (χ0) is 13.5. The predicted molar refractivity (Wildman–Crippen MR) is 69.5 cm³/mol. The molecule has 0 amide bonds. The van der Waals surface area contributed by atoms with Crippen LogP contribution in [-0.2, 0) is 0 Å². The van der Waals surface area contributed by atoms with Gasteiger partial charge in [-0.2, -0.15) is 0 Å². The quantitative estimate of drug-likeness (QED) is 0.451. The van der Waals surface area contributed by atoms with Crippen molar-refractivity contribution >= 4 is 23.0 Å². The van der Waals surface area contributed by atoms with E-state index in [2.05, 4.69) is 5.32 Å². The first-order valence-corrected chi connectivity index (χ1v) is 6.01. The lowest BCUT2D eigenvalue weighted by molar-refractivity contribution is -0.384. The van der Waals surface area contributed by atoms with Crippen LogP contribution in [0.2, 0.25) is 0 Å². The van der Waals surface area contributed by atoms with Crippen molar-refractivity contribution in [2.75, 3.05) is 24.3 Å². The molecule has 0 fully saturated rings. The third kappa shape index (κ3) is 4.05. The lowest BCUT2D eigenvalue weighted by Crippen LogP contribution is -2.21. The molecular weight excluding hydrogens is 260 g/mol. The lowest BCUT2D eigenvalue weighted by atomic mass is 10.2. The molecule has 6 nitrogen and oxygen atoms in total. The highest BCUT2D eigenvalue weighted by molar-refractivity contribution is 6.18. The first kappa shape index (κ1) is 14.5. The maximum Gasteiger partial charge on any atom is 0.296 e. The average molecular weight is 275 g/mol. The Hall–Kier alpha value is -1.53. The maximum atomic E-state index is 10.9. The number of aliphatic hydroxyl groups excluding tert-OH is 1. The summed E-state index contributed by atoms with van der Waals surface area (Å²) in [6.45, 7) is 2.39. The molecule has 100 valence electrons. The Morgan fingerprint density at radius 2 is 2.33 bits per heavy atom. The molecule has 0 heterocycles. The summed E-state index contributed by atoms with van der Waals surface area (Å²) in [7, 11) is 0. The van der Waals surface area contributed by atoms with Crippen LogP contribution < -0.4 is 10.1 Å². The van der Waals surface area contributed by atoms with Gasteiger partial charge in [0.2, 0.25) is 0 Å². The molecule has 1 unspecified atom stereocenters. The van der Waals surface area contributed by atoms with Gasteiger partial charge in [-0.15, -0.1) is 11.6 Å². The Balaban J connectivity index is 2.86. The van der Waals surface area contributed by atoms with E-state index < -0.39 is 11.0 Å². The first-order chi connectivity index (χ1) is 8.58. The molecule has 2 N–H and O–H groups in total. The van der Waals surface area contributed by atoms with E-state index in [-0.39, 0.29) is 18.1 Å². The third-order valence-electron chi connectivity index (χ3n) is 2.18. The minimum Gasteiger partial charge on any atom is -0.494 e. The van der Waals surface area contributed by atoms with Crippen LogP contribution in [0.15, 0.2) is 18.2 Å². The van der Waals surface area contributed by atoms with Gasteiger partial charge in [-0.3, -0.25) is 10.1 Å². The molecule has 0 aliphatic heterocycles. The minimum absolute atomic E-state index is 0.0673. The second-order valence-corrected chi connectivity index (χ2v) is 3.87. The number of nitro groups is 1. The smallest absolute Gasteiger partial charge is 0.296 e. The fourth-order valence-corrected chi connectivity index (χ4v) is 1.46. The topological polar surface area (TPSA) is 84.6 Å². The molecule has 0 saturated heterocycles. The molecule has 1 rings (SSSR count). The average Bonchev–Trinajstić information content (AvgIpc) is 2.36. The summed E-state index contributed by atoms with van der Waals surface area (Å²) < 4.78 is 5.20. The van der Waals surface area contributed by atoms with Crippen molar-refractivity contribution in [2.24, 2.45) is 0 Å². The van der Waals surface area contributed by atoms with Crippen molar-refractivity contribution in [2.45, 2.75) is 13.0 Å². The zero-order valence-corrected chi connectivity index (χ0v) is 10.7. The van der Waals surface area contributed by atoms with Gasteiger partial charge in [-0.1, -0.05) is 0 Å². The summed E-state index contributed by atoms with van der Waals surface area (Å²) >= 11 is 5.44. The van der Waals surface area contributed by atoms with Crippen LogP contribution in [0.1, 0.15) is 6.92 Å². The standard InChI is InChI=1S/C11H15ClN2O4/c1-2-18-9-3-4-10(11(5-9)14(16)17)13-7-8(15)6-12/h3-5,8,13,15H,2,6-7H2,1H3. The Labute approximate surface area is 110 Å². The predicted octanol–water partition coefficient (Wildman–Crippen LogP) is 2.01. The van der Waals surface area contributed by atoms with Gasteiger partial charge in [-0.05, 0) is 19.1 Å². The number of benzene rings is 1. The summed E-state index contributed by atoms with van der Waals surface area (Å²) in [5, 5.41) is 23.0. The Morgan fingerprint density at radius 1 is 1.61 bits per heavy atom. The van der Waals surface area contributed by atoms with Gasteiger partial charge < -0.3 is 15.2 Å². The van der Waals surface area contributed by atoms with E-state index in [1.807, 2.05) is 0 Å². The second-order valence-electron chi connectivity index (χ2n) is 3.56. The summed E-state index contributed by atoms with van der Waals surface area (Å²) in [5.41, 5.74) is 0.232. The molecule has 0 aliphatic rings. The van der Waals surface area contributed by atoms with E-state index in [4.69, 9.17) is 16.3 Å². The number of aliphatic hydroxyl groups is 1. The molecule has 0 aliphatic carbocycles. The fourth-order valence-electron chi connectivity index (χ4n) is 1.35. The molecule has 0 saturated carbocycles. The fraction of sp³-hybridized carbons (Fsp3) is 0.455. The van der Waals surface area contributed by atoms with E-state index in [1.54, 1.807) is 19.1 Å². The molecule has 0 spiro atoms. The summed E-state index contributed by atoms with van der Waals surface area (Å²) in [6, 6.07) is 4.52. The SMILES string of the molecule is CCOc1ccc(NCC(O)CCl)c([N+](=O)[O-])c1. The number of halogens is 1. The third-order valence-corrected chi connectivity index (χ3v) is 2.54. The number of nitro benzene ring substituents is 1. The molecule has 0 radical (unpaired) electrons. The van der Waals surface area contributed by atoms with E-state index in [9.17, 15) is 15.2 Å². The van der Waals surface area contributed by atoms with Crippen molar-refractivity contribution in [1.82, 2.24) is 0 Å².